The lowest BCUT2D eigenvalue weighted by Gasteiger charge is -2.46. The highest BCUT2D eigenvalue weighted by Gasteiger charge is 2.37. The van der Waals surface area contributed by atoms with E-state index in [1.165, 1.54) is 19.4 Å². The number of aliphatic carboxylic acids is 1. The normalized spacial score (nSPS) is 33.7. The Hall–Kier alpha value is -0.610. The Morgan fingerprint density at radius 3 is 2.84 bits per heavy atom. The molecule has 0 bridgehead atoms. The second kappa shape index (κ2) is 6.71. The van der Waals surface area contributed by atoms with Crippen LogP contribution in [0.15, 0.2) is 0 Å². The topological polar surface area (TPSA) is 49.8 Å². The summed E-state index contributed by atoms with van der Waals surface area (Å²) in [6.07, 6.45) is 5.50. The molecular weight excluding hydrogens is 242 g/mol. The molecule has 1 saturated carbocycles. The Morgan fingerprint density at radius 1 is 1.47 bits per heavy atom. The molecule has 2 fully saturated rings. The van der Waals surface area contributed by atoms with Crippen molar-refractivity contribution in [2.45, 2.75) is 58.1 Å². The van der Waals surface area contributed by atoms with Gasteiger partial charge in [-0.25, -0.2) is 0 Å². The van der Waals surface area contributed by atoms with Crippen LogP contribution in [0.5, 0.6) is 0 Å². The average molecular weight is 269 g/mol. The van der Waals surface area contributed by atoms with Gasteiger partial charge >= 0.3 is 5.97 Å². The summed E-state index contributed by atoms with van der Waals surface area (Å²) in [5, 5.41) is 8.91. The van der Waals surface area contributed by atoms with E-state index in [9.17, 15) is 4.79 Å². The molecule has 1 aliphatic heterocycles. The second-order valence-corrected chi connectivity index (χ2v) is 6.17. The van der Waals surface area contributed by atoms with E-state index in [1.807, 2.05) is 0 Å². The van der Waals surface area contributed by atoms with Gasteiger partial charge in [0.15, 0.2) is 0 Å². The number of ether oxygens (including phenoxy) is 1. The predicted molar refractivity (Wildman–Crippen MR) is 74.1 cm³/mol. The van der Waals surface area contributed by atoms with Gasteiger partial charge < -0.3 is 9.84 Å². The van der Waals surface area contributed by atoms with Crippen LogP contribution in [0.2, 0.25) is 0 Å². The monoisotopic (exact) mass is 269 g/mol. The van der Waals surface area contributed by atoms with E-state index in [4.69, 9.17) is 9.84 Å². The van der Waals surface area contributed by atoms with Crippen molar-refractivity contribution < 1.29 is 14.6 Å². The second-order valence-electron chi connectivity index (χ2n) is 6.17. The molecule has 1 saturated heterocycles. The predicted octanol–water partition coefficient (Wildman–Crippen LogP) is 2.38. The Morgan fingerprint density at radius 2 is 2.21 bits per heavy atom. The van der Waals surface area contributed by atoms with Crippen molar-refractivity contribution >= 4 is 5.97 Å². The zero-order valence-corrected chi connectivity index (χ0v) is 12.2. The van der Waals surface area contributed by atoms with Gasteiger partial charge in [0.05, 0.1) is 6.10 Å². The van der Waals surface area contributed by atoms with Gasteiger partial charge in [-0.3, -0.25) is 9.69 Å². The van der Waals surface area contributed by atoms with Crippen molar-refractivity contribution in [2.24, 2.45) is 11.8 Å². The van der Waals surface area contributed by atoms with Crippen LogP contribution in [0.1, 0.15) is 46.0 Å². The molecule has 110 valence electrons. The Balaban J connectivity index is 1.76. The number of carboxylic acids is 1. The van der Waals surface area contributed by atoms with Crippen molar-refractivity contribution in [3.05, 3.63) is 0 Å². The molecule has 2 aliphatic rings. The number of carbonyl (C=O) groups is 1. The maximum absolute atomic E-state index is 10.8. The largest absolute Gasteiger partial charge is 0.481 e. The molecule has 0 aromatic rings. The Kier molecular flexibility index (Phi) is 5.22. The number of likely N-dealkylation sites (tertiary alicyclic amines) is 1. The molecule has 0 radical (unpaired) electrons. The van der Waals surface area contributed by atoms with Gasteiger partial charge in [-0.05, 0) is 51.0 Å². The highest BCUT2D eigenvalue weighted by Crippen LogP contribution is 2.34. The SMILES string of the molecule is CCOC1CC(N2CCCC(C(C)CC(=O)O)C2)C1. The first-order valence-corrected chi connectivity index (χ1v) is 7.67. The van der Waals surface area contributed by atoms with Crippen molar-refractivity contribution in [1.82, 2.24) is 4.90 Å². The molecule has 4 nitrogen and oxygen atoms in total. The highest BCUT2D eigenvalue weighted by atomic mass is 16.5. The highest BCUT2D eigenvalue weighted by molar-refractivity contribution is 5.67. The van der Waals surface area contributed by atoms with E-state index in [1.54, 1.807) is 0 Å². The minimum Gasteiger partial charge on any atom is -0.481 e. The number of hydrogen-bond acceptors (Lipinski definition) is 3. The van der Waals surface area contributed by atoms with Crippen molar-refractivity contribution in [1.29, 1.82) is 0 Å². The zero-order chi connectivity index (χ0) is 13.8. The van der Waals surface area contributed by atoms with Gasteiger partial charge in [0.25, 0.3) is 0 Å². The third-order valence-electron chi connectivity index (χ3n) is 4.78. The maximum Gasteiger partial charge on any atom is 0.303 e. The van der Waals surface area contributed by atoms with E-state index in [-0.39, 0.29) is 0 Å². The number of rotatable bonds is 6. The number of carboxylic acid groups (broad SMARTS) is 1. The average Bonchev–Trinajstić information content (AvgIpc) is 2.32. The number of piperidine rings is 1. The number of hydrogen-bond donors (Lipinski definition) is 1. The van der Waals surface area contributed by atoms with Crippen LogP contribution in [-0.2, 0) is 9.53 Å². The summed E-state index contributed by atoms with van der Waals surface area (Å²) in [5.41, 5.74) is 0. The summed E-state index contributed by atoms with van der Waals surface area (Å²) in [4.78, 5) is 13.4. The van der Waals surface area contributed by atoms with Gasteiger partial charge in [-0.1, -0.05) is 6.92 Å². The van der Waals surface area contributed by atoms with Crippen LogP contribution in [0.3, 0.4) is 0 Å². The first kappa shape index (κ1) is 14.8. The van der Waals surface area contributed by atoms with Crippen molar-refractivity contribution in [3.8, 4) is 0 Å². The summed E-state index contributed by atoms with van der Waals surface area (Å²) in [5.74, 6) is 0.184. The lowest BCUT2D eigenvalue weighted by atomic mass is 9.81. The van der Waals surface area contributed by atoms with Crippen LogP contribution in [0, 0.1) is 11.8 Å². The standard InChI is InChI=1S/C15H27NO3/c1-3-19-14-8-13(9-14)16-6-4-5-12(10-16)11(2)7-15(17)18/h11-14H,3-10H2,1-2H3,(H,17,18). The Labute approximate surface area is 116 Å². The minimum absolute atomic E-state index is 0.295. The third-order valence-corrected chi connectivity index (χ3v) is 4.78. The summed E-state index contributed by atoms with van der Waals surface area (Å²) >= 11 is 0. The molecule has 19 heavy (non-hydrogen) atoms. The van der Waals surface area contributed by atoms with Crippen LogP contribution in [0.25, 0.3) is 0 Å². The molecule has 1 heterocycles. The summed E-state index contributed by atoms with van der Waals surface area (Å²) in [7, 11) is 0. The first-order chi connectivity index (χ1) is 9.10. The van der Waals surface area contributed by atoms with E-state index < -0.39 is 5.97 Å². The molecule has 2 rings (SSSR count). The van der Waals surface area contributed by atoms with Gasteiger partial charge in [0.2, 0.25) is 0 Å². The lowest BCUT2D eigenvalue weighted by molar-refractivity contribution is -0.138. The van der Waals surface area contributed by atoms with Crippen LogP contribution in [0.4, 0.5) is 0 Å². The van der Waals surface area contributed by atoms with Gasteiger partial charge in [0.1, 0.15) is 0 Å². The van der Waals surface area contributed by atoms with E-state index in [2.05, 4.69) is 18.7 Å². The molecular formula is C15H27NO3. The molecule has 0 spiro atoms. The Bertz CT molecular complexity index is 302. The fraction of sp³-hybridized carbons (Fsp3) is 0.933. The smallest absolute Gasteiger partial charge is 0.303 e. The van der Waals surface area contributed by atoms with E-state index in [0.29, 0.717) is 30.4 Å². The molecule has 0 aromatic carbocycles. The first-order valence-electron chi connectivity index (χ1n) is 7.67. The fourth-order valence-electron chi connectivity index (χ4n) is 3.49. The number of nitrogens with zero attached hydrogens (tertiary/aromatic N) is 1. The molecule has 1 N–H and O–H groups in total. The van der Waals surface area contributed by atoms with Gasteiger partial charge in [0, 0.05) is 25.6 Å². The van der Waals surface area contributed by atoms with Crippen LogP contribution >= 0.6 is 0 Å². The van der Waals surface area contributed by atoms with Gasteiger partial charge in [-0.2, -0.15) is 0 Å². The summed E-state index contributed by atoms with van der Waals surface area (Å²) < 4.78 is 5.62. The van der Waals surface area contributed by atoms with Crippen molar-refractivity contribution in [3.63, 3.8) is 0 Å². The van der Waals surface area contributed by atoms with E-state index in [0.717, 1.165) is 26.0 Å². The third kappa shape index (κ3) is 3.93. The zero-order valence-electron chi connectivity index (χ0n) is 12.2. The fourth-order valence-corrected chi connectivity index (χ4v) is 3.49. The van der Waals surface area contributed by atoms with E-state index >= 15 is 0 Å². The summed E-state index contributed by atoms with van der Waals surface area (Å²) in [6.45, 7) is 7.22. The quantitative estimate of drug-likeness (QED) is 0.804. The molecule has 1 aliphatic carbocycles. The van der Waals surface area contributed by atoms with Gasteiger partial charge in [-0.15, -0.1) is 0 Å². The molecule has 2 unspecified atom stereocenters. The van der Waals surface area contributed by atoms with Crippen LogP contribution in [-0.4, -0.2) is 47.8 Å². The maximum atomic E-state index is 10.8. The van der Waals surface area contributed by atoms with Crippen LogP contribution < -0.4 is 0 Å². The molecule has 4 heteroatoms. The minimum atomic E-state index is -0.662. The molecule has 0 aromatic heterocycles. The summed E-state index contributed by atoms with van der Waals surface area (Å²) in [6, 6.07) is 0.677. The molecule has 2 atom stereocenters. The molecule has 0 amide bonds. The lowest BCUT2D eigenvalue weighted by Crippen LogP contribution is -2.52. The van der Waals surface area contributed by atoms with Crippen molar-refractivity contribution in [2.75, 3.05) is 19.7 Å².